The molecule has 2 heterocycles. The lowest BCUT2D eigenvalue weighted by atomic mass is 10.1. The third kappa shape index (κ3) is 4.27. The second-order valence-electron chi connectivity index (χ2n) is 5.87. The van der Waals surface area contributed by atoms with Crippen molar-refractivity contribution in [3.8, 4) is 11.5 Å². The molecule has 0 spiro atoms. The fraction of sp³-hybridized carbons (Fsp3) is 0.167. The summed E-state index contributed by atoms with van der Waals surface area (Å²) in [6, 6.07) is 9.73. The van der Waals surface area contributed by atoms with Gasteiger partial charge in [0.05, 0.1) is 0 Å². The number of anilines is 1. The van der Waals surface area contributed by atoms with Crippen LogP contribution in [0, 0.1) is 13.8 Å². The zero-order chi connectivity index (χ0) is 19.4. The molecule has 1 aromatic carbocycles. The Kier molecular flexibility index (Phi) is 5.11. The molecule has 0 saturated heterocycles. The van der Waals surface area contributed by atoms with Crippen LogP contribution in [0.2, 0.25) is 0 Å². The van der Waals surface area contributed by atoms with Gasteiger partial charge in [-0.05, 0) is 49.2 Å². The van der Waals surface area contributed by atoms with Crippen LogP contribution in [0.4, 0.5) is 10.5 Å². The molecule has 3 rings (SSSR count). The van der Waals surface area contributed by atoms with Gasteiger partial charge in [0.2, 0.25) is 11.7 Å². The molecule has 0 aliphatic heterocycles. The molecule has 27 heavy (non-hydrogen) atoms. The normalized spacial score (nSPS) is 10.4. The van der Waals surface area contributed by atoms with E-state index in [1.165, 1.54) is 6.20 Å². The molecule has 0 atom stereocenters. The number of pyridine rings is 1. The van der Waals surface area contributed by atoms with E-state index in [9.17, 15) is 14.4 Å². The predicted molar refractivity (Wildman–Crippen MR) is 97.1 cm³/mol. The monoisotopic (exact) mass is 367 g/mol. The number of nitrogens with one attached hydrogen (secondary N) is 2. The van der Waals surface area contributed by atoms with Crippen molar-refractivity contribution in [2.45, 2.75) is 20.4 Å². The summed E-state index contributed by atoms with van der Waals surface area (Å²) in [6.07, 6.45) is 1.52. The quantitative estimate of drug-likeness (QED) is 0.726. The lowest BCUT2D eigenvalue weighted by Crippen LogP contribution is -2.38. The maximum absolute atomic E-state index is 12.1. The van der Waals surface area contributed by atoms with Gasteiger partial charge in [-0.1, -0.05) is 17.3 Å². The summed E-state index contributed by atoms with van der Waals surface area (Å²) >= 11 is 0. The molecule has 2 aromatic heterocycles. The number of benzene rings is 1. The van der Waals surface area contributed by atoms with Crippen LogP contribution in [0.5, 0.6) is 0 Å². The van der Waals surface area contributed by atoms with Crippen LogP contribution in [0.3, 0.4) is 0 Å². The van der Waals surface area contributed by atoms with E-state index in [4.69, 9.17) is 0 Å². The molecule has 0 unspecified atom stereocenters. The minimum atomic E-state index is -0.819. The minimum Gasteiger partial charge on any atom is -0.308 e. The smallest absolute Gasteiger partial charge is 0.308 e. The summed E-state index contributed by atoms with van der Waals surface area (Å²) in [4.78, 5) is 40.0. The Hall–Kier alpha value is -3.75. The van der Waals surface area contributed by atoms with Crippen LogP contribution in [0.15, 0.2) is 51.9 Å². The summed E-state index contributed by atoms with van der Waals surface area (Å²) in [6.45, 7) is 3.44. The van der Waals surface area contributed by atoms with Gasteiger partial charge in [0, 0.05) is 11.9 Å². The van der Waals surface area contributed by atoms with Crippen LogP contribution < -0.4 is 16.4 Å². The number of nitrogens with zero attached hydrogens (tertiary/aromatic N) is 3. The third-order valence-corrected chi connectivity index (χ3v) is 3.90. The van der Waals surface area contributed by atoms with Crippen LogP contribution in [0.1, 0.15) is 11.1 Å². The number of aromatic nitrogens is 3. The summed E-state index contributed by atoms with van der Waals surface area (Å²) < 4.78 is 5.61. The molecule has 9 heteroatoms. The highest BCUT2D eigenvalue weighted by Gasteiger charge is 2.18. The van der Waals surface area contributed by atoms with Gasteiger partial charge in [-0.2, -0.15) is 0 Å². The number of hydrogen-bond donors (Lipinski definition) is 2. The fourth-order valence-electron chi connectivity index (χ4n) is 2.38. The SMILES string of the molecule is Cc1ccc(NC(=O)NC(=O)Cn2c(-c3ccccn3)noc2=O)cc1C. The Morgan fingerprint density at radius 2 is 1.96 bits per heavy atom. The molecule has 0 fully saturated rings. The molecule has 0 saturated carbocycles. The van der Waals surface area contributed by atoms with Gasteiger partial charge in [-0.15, -0.1) is 0 Å². The Morgan fingerprint density at radius 1 is 1.15 bits per heavy atom. The number of amides is 3. The summed E-state index contributed by atoms with van der Waals surface area (Å²) in [5, 5.41) is 8.38. The maximum atomic E-state index is 12.1. The second-order valence-corrected chi connectivity index (χ2v) is 5.87. The van der Waals surface area contributed by atoms with Crippen LogP contribution in [0.25, 0.3) is 11.5 Å². The molecular formula is C18H17N5O4. The number of carbonyl (C=O) groups excluding carboxylic acids is 2. The third-order valence-electron chi connectivity index (χ3n) is 3.90. The van der Waals surface area contributed by atoms with Crippen molar-refractivity contribution in [2.75, 3.05) is 5.32 Å². The van der Waals surface area contributed by atoms with Gasteiger partial charge in [-0.3, -0.25) is 19.6 Å². The number of rotatable bonds is 4. The molecule has 0 aliphatic rings. The standard InChI is InChI=1S/C18H17N5O4/c1-11-6-7-13(9-12(11)2)20-17(25)21-15(24)10-23-16(22-27-18(23)26)14-5-3-4-8-19-14/h3-9H,10H2,1-2H3,(H2,20,21,24,25). The van der Waals surface area contributed by atoms with Crippen LogP contribution in [-0.2, 0) is 11.3 Å². The molecule has 3 aromatic rings. The molecule has 138 valence electrons. The van der Waals surface area contributed by atoms with Gasteiger partial charge in [0.15, 0.2) is 0 Å². The molecule has 0 radical (unpaired) electrons. The van der Waals surface area contributed by atoms with Crippen molar-refractivity contribution < 1.29 is 14.1 Å². The summed E-state index contributed by atoms with van der Waals surface area (Å²) in [5.41, 5.74) is 3.02. The van der Waals surface area contributed by atoms with E-state index in [-0.39, 0.29) is 5.82 Å². The molecule has 0 bridgehead atoms. The molecule has 0 aliphatic carbocycles. The first kappa shape index (κ1) is 18.1. The van der Waals surface area contributed by atoms with Gasteiger partial charge in [-0.25, -0.2) is 14.2 Å². The molecule has 2 N–H and O–H groups in total. The van der Waals surface area contributed by atoms with E-state index in [0.29, 0.717) is 11.4 Å². The lowest BCUT2D eigenvalue weighted by Gasteiger charge is -2.09. The first-order valence-electron chi connectivity index (χ1n) is 8.10. The first-order chi connectivity index (χ1) is 12.9. The topological polar surface area (TPSA) is 119 Å². The Bertz CT molecular complexity index is 1040. The van der Waals surface area contributed by atoms with Gasteiger partial charge in [0.25, 0.3) is 0 Å². The summed E-state index contributed by atoms with van der Waals surface area (Å²) in [5.74, 6) is -1.41. The van der Waals surface area contributed by atoms with E-state index in [0.717, 1.165) is 15.7 Å². The van der Waals surface area contributed by atoms with Crippen LogP contribution in [-0.4, -0.2) is 26.6 Å². The van der Waals surface area contributed by atoms with Crippen molar-refractivity contribution in [1.29, 1.82) is 0 Å². The van der Waals surface area contributed by atoms with E-state index in [1.54, 1.807) is 30.3 Å². The first-order valence-corrected chi connectivity index (χ1v) is 8.10. The van der Waals surface area contributed by atoms with Crippen molar-refractivity contribution in [1.82, 2.24) is 20.0 Å². The Morgan fingerprint density at radius 3 is 2.67 bits per heavy atom. The Balaban J connectivity index is 1.68. The van der Waals surface area contributed by atoms with Crippen LogP contribution >= 0.6 is 0 Å². The van der Waals surface area contributed by atoms with E-state index in [1.807, 2.05) is 19.9 Å². The maximum Gasteiger partial charge on any atom is 0.442 e. The second kappa shape index (κ2) is 7.65. The van der Waals surface area contributed by atoms with E-state index < -0.39 is 24.2 Å². The highest BCUT2D eigenvalue weighted by atomic mass is 16.5. The highest BCUT2D eigenvalue weighted by Crippen LogP contribution is 2.14. The van der Waals surface area contributed by atoms with Crippen molar-refractivity contribution >= 4 is 17.6 Å². The number of imide groups is 1. The lowest BCUT2D eigenvalue weighted by molar-refractivity contribution is -0.120. The van der Waals surface area contributed by atoms with Gasteiger partial charge in [0.1, 0.15) is 12.2 Å². The number of hydrogen-bond acceptors (Lipinski definition) is 6. The van der Waals surface area contributed by atoms with Crippen molar-refractivity contribution in [2.24, 2.45) is 0 Å². The average Bonchev–Trinajstić information content (AvgIpc) is 2.99. The Labute approximate surface area is 154 Å². The minimum absolute atomic E-state index is 0.102. The van der Waals surface area contributed by atoms with Crippen molar-refractivity contribution in [3.63, 3.8) is 0 Å². The number of aryl methyl sites for hydroxylation is 2. The molecule has 3 amide bonds. The zero-order valence-electron chi connectivity index (χ0n) is 14.7. The zero-order valence-corrected chi connectivity index (χ0v) is 14.7. The molecule has 9 nitrogen and oxygen atoms in total. The summed E-state index contributed by atoms with van der Waals surface area (Å²) in [7, 11) is 0. The van der Waals surface area contributed by atoms with Gasteiger partial charge >= 0.3 is 11.8 Å². The molecular weight excluding hydrogens is 350 g/mol. The number of urea groups is 1. The van der Waals surface area contributed by atoms with Gasteiger partial charge < -0.3 is 5.32 Å². The predicted octanol–water partition coefficient (Wildman–Crippen LogP) is 1.86. The van der Waals surface area contributed by atoms with Crippen molar-refractivity contribution in [3.05, 3.63) is 64.3 Å². The fourth-order valence-corrected chi connectivity index (χ4v) is 2.38. The van der Waals surface area contributed by atoms with E-state index >= 15 is 0 Å². The average molecular weight is 367 g/mol. The highest BCUT2D eigenvalue weighted by molar-refractivity contribution is 6.01. The number of carbonyl (C=O) groups is 2. The van der Waals surface area contributed by atoms with E-state index in [2.05, 4.69) is 25.3 Å². The largest absolute Gasteiger partial charge is 0.442 e.